The molecule has 2 heterocycles. The summed E-state index contributed by atoms with van der Waals surface area (Å²) in [7, 11) is 0. The van der Waals surface area contributed by atoms with Crippen LogP contribution in [0.4, 0.5) is 5.69 Å². The monoisotopic (exact) mass is 539 g/mol. The van der Waals surface area contributed by atoms with Crippen LogP contribution in [-0.2, 0) is 14.4 Å². The largest absolute Gasteiger partial charge is 0.353 e. The van der Waals surface area contributed by atoms with Gasteiger partial charge in [0.15, 0.2) is 0 Å². The van der Waals surface area contributed by atoms with Gasteiger partial charge < -0.3 is 15.5 Å². The van der Waals surface area contributed by atoms with Crippen molar-refractivity contribution in [3.8, 4) is 0 Å². The van der Waals surface area contributed by atoms with Crippen LogP contribution in [0, 0.1) is 6.92 Å². The first-order chi connectivity index (χ1) is 19.5. The highest BCUT2D eigenvalue weighted by molar-refractivity contribution is 5.97. The molecule has 0 radical (unpaired) electrons. The Labute approximate surface area is 236 Å². The van der Waals surface area contributed by atoms with Crippen molar-refractivity contribution in [3.63, 3.8) is 0 Å². The minimum Gasteiger partial charge on any atom is -0.353 e. The van der Waals surface area contributed by atoms with Crippen molar-refractivity contribution in [1.29, 1.82) is 0 Å². The molecular weight excluding hydrogens is 502 g/mol. The van der Waals surface area contributed by atoms with Gasteiger partial charge >= 0.3 is 0 Å². The van der Waals surface area contributed by atoms with Crippen LogP contribution >= 0.6 is 0 Å². The number of rotatable bonds is 8. The quantitative estimate of drug-likeness (QED) is 0.460. The Hall–Kier alpha value is -4.01. The second-order valence-electron chi connectivity index (χ2n) is 10.6. The van der Waals surface area contributed by atoms with Crippen molar-refractivity contribution in [2.24, 2.45) is 0 Å². The lowest BCUT2D eigenvalue weighted by atomic mass is 9.96. The van der Waals surface area contributed by atoms with Crippen molar-refractivity contribution in [1.82, 2.24) is 20.0 Å². The molecule has 0 saturated carbocycles. The summed E-state index contributed by atoms with van der Waals surface area (Å²) in [6.45, 7) is 6.13. The number of carbonyl (C=O) groups is 3. The molecule has 208 valence electrons. The van der Waals surface area contributed by atoms with Gasteiger partial charge in [-0.05, 0) is 35.7 Å². The molecule has 3 aromatic rings. The van der Waals surface area contributed by atoms with Crippen LogP contribution in [0.1, 0.15) is 29.2 Å². The van der Waals surface area contributed by atoms with Gasteiger partial charge in [0.1, 0.15) is 6.04 Å². The third-order valence-corrected chi connectivity index (χ3v) is 7.69. The van der Waals surface area contributed by atoms with Crippen molar-refractivity contribution in [3.05, 3.63) is 102 Å². The number of piperazine rings is 2. The summed E-state index contributed by atoms with van der Waals surface area (Å²) in [6.07, 6.45) is -0.0743. The fourth-order valence-corrected chi connectivity index (χ4v) is 5.67. The molecule has 8 heteroatoms. The van der Waals surface area contributed by atoms with E-state index in [9.17, 15) is 14.4 Å². The van der Waals surface area contributed by atoms with Crippen molar-refractivity contribution in [2.45, 2.75) is 25.4 Å². The maximum atomic E-state index is 13.4. The Kier molecular flexibility index (Phi) is 8.88. The lowest BCUT2D eigenvalue weighted by Gasteiger charge is -2.41. The van der Waals surface area contributed by atoms with Gasteiger partial charge in [0.2, 0.25) is 17.7 Å². The fourth-order valence-electron chi connectivity index (χ4n) is 5.67. The molecule has 2 N–H and O–H groups in total. The van der Waals surface area contributed by atoms with Gasteiger partial charge in [0, 0.05) is 45.0 Å². The number of nitrogens with one attached hydrogen (secondary N) is 2. The van der Waals surface area contributed by atoms with E-state index in [4.69, 9.17) is 0 Å². The molecule has 2 aliphatic rings. The van der Waals surface area contributed by atoms with E-state index in [-0.39, 0.29) is 36.7 Å². The zero-order valence-electron chi connectivity index (χ0n) is 23.0. The number of benzene rings is 3. The highest BCUT2D eigenvalue weighted by Crippen LogP contribution is 2.29. The topological polar surface area (TPSA) is 85.0 Å². The zero-order valence-corrected chi connectivity index (χ0v) is 23.0. The molecule has 3 aromatic carbocycles. The molecule has 0 bridgehead atoms. The molecule has 8 nitrogen and oxygen atoms in total. The number of aryl methyl sites for hydroxylation is 1. The lowest BCUT2D eigenvalue weighted by Crippen LogP contribution is -2.60. The molecule has 0 spiro atoms. The number of anilines is 1. The van der Waals surface area contributed by atoms with E-state index in [1.54, 1.807) is 4.90 Å². The van der Waals surface area contributed by atoms with Crippen molar-refractivity contribution in [2.75, 3.05) is 51.1 Å². The third-order valence-electron chi connectivity index (χ3n) is 7.69. The molecule has 3 amide bonds. The van der Waals surface area contributed by atoms with Crippen LogP contribution in [-0.4, -0.2) is 84.3 Å². The van der Waals surface area contributed by atoms with E-state index >= 15 is 0 Å². The molecule has 2 aliphatic heterocycles. The number of carbonyl (C=O) groups excluding carboxylic acids is 3. The minimum absolute atomic E-state index is 0.0743. The first-order valence-corrected chi connectivity index (χ1v) is 14.0. The third kappa shape index (κ3) is 6.76. The molecule has 5 rings (SSSR count). The lowest BCUT2D eigenvalue weighted by molar-refractivity contribution is -0.145. The summed E-state index contributed by atoms with van der Waals surface area (Å²) in [5, 5.41) is 5.68. The van der Waals surface area contributed by atoms with Gasteiger partial charge in [-0.3, -0.25) is 24.2 Å². The summed E-state index contributed by atoms with van der Waals surface area (Å²) in [5.41, 5.74) is 4.22. The molecule has 40 heavy (non-hydrogen) atoms. The molecule has 0 unspecified atom stereocenters. The second kappa shape index (κ2) is 12.9. The summed E-state index contributed by atoms with van der Waals surface area (Å²) < 4.78 is 0. The van der Waals surface area contributed by atoms with Gasteiger partial charge in [0.25, 0.3) is 0 Å². The normalized spacial score (nSPS) is 18.4. The number of nitrogens with zero attached hydrogens (tertiary/aromatic N) is 3. The highest BCUT2D eigenvalue weighted by Gasteiger charge is 2.36. The summed E-state index contributed by atoms with van der Waals surface area (Å²) in [6, 6.07) is 27.9. The Bertz CT molecular complexity index is 1270. The van der Waals surface area contributed by atoms with Gasteiger partial charge in [-0.25, -0.2) is 0 Å². The SMILES string of the molecule is Cc1cccc(NC(=O)C[C@H]2C(=O)NCCN2C(=O)CN2CCN(C(c3ccccc3)c3ccccc3)CC2)c1. The van der Waals surface area contributed by atoms with E-state index in [0.29, 0.717) is 18.8 Å². The number of hydrogen-bond acceptors (Lipinski definition) is 5. The predicted molar refractivity (Wildman–Crippen MR) is 156 cm³/mol. The van der Waals surface area contributed by atoms with Crippen molar-refractivity contribution >= 4 is 23.4 Å². The molecule has 2 saturated heterocycles. The van der Waals surface area contributed by atoms with Crippen LogP contribution in [0.3, 0.4) is 0 Å². The summed E-state index contributed by atoms with van der Waals surface area (Å²) in [5.74, 6) is -0.677. The van der Waals surface area contributed by atoms with E-state index in [0.717, 1.165) is 31.7 Å². The smallest absolute Gasteiger partial charge is 0.243 e. The second-order valence-corrected chi connectivity index (χ2v) is 10.6. The Morgan fingerprint density at radius 3 is 2.15 bits per heavy atom. The van der Waals surface area contributed by atoms with E-state index in [1.807, 2.05) is 43.3 Å². The summed E-state index contributed by atoms with van der Waals surface area (Å²) in [4.78, 5) is 45.1. The van der Waals surface area contributed by atoms with Crippen LogP contribution in [0.2, 0.25) is 0 Å². The zero-order chi connectivity index (χ0) is 27.9. The van der Waals surface area contributed by atoms with Gasteiger partial charge in [-0.1, -0.05) is 72.8 Å². The molecule has 0 aliphatic carbocycles. The average molecular weight is 540 g/mol. The Morgan fingerprint density at radius 1 is 0.875 bits per heavy atom. The number of amides is 3. The fraction of sp³-hybridized carbons (Fsp3) is 0.344. The maximum absolute atomic E-state index is 13.4. The Morgan fingerprint density at radius 2 is 1.52 bits per heavy atom. The van der Waals surface area contributed by atoms with Gasteiger partial charge in [-0.15, -0.1) is 0 Å². The molecule has 0 aromatic heterocycles. The molecular formula is C32H37N5O3. The highest BCUT2D eigenvalue weighted by atomic mass is 16.2. The van der Waals surface area contributed by atoms with Gasteiger partial charge in [0.05, 0.1) is 19.0 Å². The first-order valence-electron chi connectivity index (χ1n) is 14.0. The average Bonchev–Trinajstić information content (AvgIpc) is 2.96. The van der Waals surface area contributed by atoms with Crippen LogP contribution in [0.25, 0.3) is 0 Å². The van der Waals surface area contributed by atoms with Gasteiger partial charge in [-0.2, -0.15) is 0 Å². The Balaban J connectivity index is 1.19. The van der Waals surface area contributed by atoms with Crippen LogP contribution in [0.15, 0.2) is 84.9 Å². The predicted octanol–water partition coefficient (Wildman–Crippen LogP) is 3.06. The standard InChI is InChI=1S/C32H37N5O3/c1-24-9-8-14-27(21-24)34-29(38)22-28-32(40)33-15-16-37(28)30(39)23-35-17-19-36(20-18-35)31(25-10-4-2-5-11-25)26-12-6-3-7-13-26/h2-14,21,28,31H,15-20,22-23H2,1H3,(H,33,40)(H,34,38)/t28-/m0/s1. The molecule has 1 atom stereocenters. The number of hydrogen-bond donors (Lipinski definition) is 2. The van der Waals surface area contributed by atoms with E-state index < -0.39 is 6.04 Å². The molecule has 2 fully saturated rings. The van der Waals surface area contributed by atoms with E-state index in [1.165, 1.54) is 11.1 Å². The first kappa shape index (κ1) is 27.6. The minimum atomic E-state index is -0.812. The summed E-state index contributed by atoms with van der Waals surface area (Å²) >= 11 is 0. The van der Waals surface area contributed by atoms with Crippen LogP contribution in [0.5, 0.6) is 0 Å². The maximum Gasteiger partial charge on any atom is 0.243 e. The van der Waals surface area contributed by atoms with Crippen LogP contribution < -0.4 is 10.6 Å². The van der Waals surface area contributed by atoms with E-state index in [2.05, 4.69) is 69.0 Å². The van der Waals surface area contributed by atoms with Crippen molar-refractivity contribution < 1.29 is 14.4 Å².